The van der Waals surface area contributed by atoms with Gasteiger partial charge in [0.2, 0.25) is 5.91 Å². The molecule has 2 aliphatic rings. The number of hydrogen-bond donors (Lipinski definition) is 1. The highest BCUT2D eigenvalue weighted by Crippen LogP contribution is 2.40. The van der Waals surface area contributed by atoms with Gasteiger partial charge in [0.15, 0.2) is 0 Å². The van der Waals surface area contributed by atoms with Crippen LogP contribution in [-0.2, 0) is 9.59 Å². The Morgan fingerprint density at radius 2 is 1.85 bits per heavy atom. The number of piperidine rings is 1. The molecular formula is C16H27NO3. The number of aliphatic carboxylic acids is 1. The van der Waals surface area contributed by atoms with Gasteiger partial charge in [0.1, 0.15) is 0 Å². The second kappa shape index (κ2) is 6.15. The largest absolute Gasteiger partial charge is 0.481 e. The van der Waals surface area contributed by atoms with E-state index >= 15 is 0 Å². The Balaban J connectivity index is 2.03. The van der Waals surface area contributed by atoms with E-state index in [0.717, 1.165) is 38.6 Å². The van der Waals surface area contributed by atoms with Crippen LogP contribution in [0.1, 0.15) is 65.2 Å². The Labute approximate surface area is 121 Å². The molecule has 1 amide bonds. The van der Waals surface area contributed by atoms with Crippen molar-refractivity contribution in [3.8, 4) is 0 Å². The third kappa shape index (κ3) is 3.15. The first-order chi connectivity index (χ1) is 9.44. The molecule has 0 bridgehead atoms. The molecule has 2 unspecified atom stereocenters. The fourth-order valence-corrected chi connectivity index (χ4v) is 3.86. The molecule has 1 N–H and O–H groups in total. The Morgan fingerprint density at radius 1 is 1.20 bits per heavy atom. The van der Waals surface area contributed by atoms with Gasteiger partial charge in [-0.3, -0.25) is 9.59 Å². The number of hydrogen-bond acceptors (Lipinski definition) is 2. The molecule has 1 aliphatic heterocycles. The van der Waals surface area contributed by atoms with Crippen molar-refractivity contribution in [2.45, 2.75) is 71.3 Å². The summed E-state index contributed by atoms with van der Waals surface area (Å²) in [6.07, 6.45) is 6.56. The van der Waals surface area contributed by atoms with Crippen molar-refractivity contribution in [1.29, 1.82) is 0 Å². The van der Waals surface area contributed by atoms with Crippen molar-refractivity contribution in [2.75, 3.05) is 6.54 Å². The molecule has 0 spiro atoms. The first kappa shape index (κ1) is 15.3. The second-order valence-corrected chi connectivity index (χ2v) is 6.89. The van der Waals surface area contributed by atoms with Gasteiger partial charge < -0.3 is 10.0 Å². The molecule has 1 aliphatic carbocycles. The number of carbonyl (C=O) groups excluding carboxylic acids is 1. The lowest BCUT2D eigenvalue weighted by molar-refractivity contribution is -0.157. The van der Waals surface area contributed by atoms with Crippen LogP contribution in [0.15, 0.2) is 0 Å². The van der Waals surface area contributed by atoms with Crippen LogP contribution in [0.4, 0.5) is 0 Å². The van der Waals surface area contributed by atoms with Gasteiger partial charge in [-0.1, -0.05) is 26.2 Å². The standard InChI is InChI=1S/C16H27NO3/c1-12-6-9-17(13(2)10-12)14(18)11-16(15(19)20)7-4-3-5-8-16/h12-13H,3-11H2,1-2H3,(H,19,20). The quantitative estimate of drug-likeness (QED) is 0.865. The normalized spacial score (nSPS) is 30.0. The van der Waals surface area contributed by atoms with Crippen molar-refractivity contribution >= 4 is 11.9 Å². The smallest absolute Gasteiger partial charge is 0.310 e. The van der Waals surface area contributed by atoms with E-state index < -0.39 is 11.4 Å². The van der Waals surface area contributed by atoms with Gasteiger partial charge >= 0.3 is 5.97 Å². The highest BCUT2D eigenvalue weighted by atomic mass is 16.4. The van der Waals surface area contributed by atoms with Crippen LogP contribution in [-0.4, -0.2) is 34.5 Å². The summed E-state index contributed by atoms with van der Waals surface area (Å²) in [5.41, 5.74) is -0.794. The van der Waals surface area contributed by atoms with E-state index in [-0.39, 0.29) is 18.4 Å². The molecule has 4 heteroatoms. The summed E-state index contributed by atoms with van der Waals surface area (Å²) in [4.78, 5) is 26.1. The molecule has 1 saturated carbocycles. The molecule has 0 aromatic carbocycles. The van der Waals surface area contributed by atoms with Gasteiger partial charge in [-0.05, 0) is 38.5 Å². The van der Waals surface area contributed by atoms with E-state index in [1.165, 1.54) is 0 Å². The number of carboxylic acids is 1. The lowest BCUT2D eigenvalue weighted by Crippen LogP contribution is -2.47. The lowest BCUT2D eigenvalue weighted by Gasteiger charge is -2.40. The van der Waals surface area contributed by atoms with Gasteiger partial charge in [-0.15, -0.1) is 0 Å². The molecule has 1 saturated heterocycles. The zero-order valence-electron chi connectivity index (χ0n) is 12.7. The van der Waals surface area contributed by atoms with E-state index in [0.29, 0.717) is 18.8 Å². The Morgan fingerprint density at radius 3 is 2.40 bits per heavy atom. The zero-order valence-corrected chi connectivity index (χ0v) is 12.7. The number of amides is 1. The van der Waals surface area contributed by atoms with Crippen molar-refractivity contribution in [3.63, 3.8) is 0 Å². The van der Waals surface area contributed by atoms with Gasteiger partial charge in [0, 0.05) is 19.0 Å². The van der Waals surface area contributed by atoms with Gasteiger partial charge in [-0.25, -0.2) is 0 Å². The minimum Gasteiger partial charge on any atom is -0.481 e. The van der Waals surface area contributed by atoms with Crippen LogP contribution in [0.5, 0.6) is 0 Å². The van der Waals surface area contributed by atoms with Gasteiger partial charge in [0.25, 0.3) is 0 Å². The molecule has 2 atom stereocenters. The fourth-order valence-electron chi connectivity index (χ4n) is 3.86. The average molecular weight is 281 g/mol. The lowest BCUT2D eigenvalue weighted by atomic mass is 9.71. The van der Waals surface area contributed by atoms with Crippen LogP contribution in [0.3, 0.4) is 0 Å². The molecule has 2 rings (SSSR count). The maximum atomic E-state index is 12.6. The highest BCUT2D eigenvalue weighted by molar-refractivity contribution is 5.85. The zero-order chi connectivity index (χ0) is 14.8. The monoisotopic (exact) mass is 281 g/mol. The molecular weight excluding hydrogens is 254 g/mol. The van der Waals surface area contributed by atoms with Crippen LogP contribution >= 0.6 is 0 Å². The van der Waals surface area contributed by atoms with E-state index in [1.54, 1.807) is 0 Å². The van der Waals surface area contributed by atoms with Crippen molar-refractivity contribution in [1.82, 2.24) is 4.90 Å². The first-order valence-corrected chi connectivity index (χ1v) is 7.97. The molecule has 4 nitrogen and oxygen atoms in total. The predicted molar refractivity (Wildman–Crippen MR) is 77.3 cm³/mol. The summed E-state index contributed by atoms with van der Waals surface area (Å²) >= 11 is 0. The molecule has 114 valence electrons. The number of likely N-dealkylation sites (tertiary alicyclic amines) is 1. The molecule has 1 heterocycles. The number of nitrogens with zero attached hydrogens (tertiary/aromatic N) is 1. The second-order valence-electron chi connectivity index (χ2n) is 6.89. The summed E-state index contributed by atoms with van der Waals surface area (Å²) in [5, 5.41) is 9.57. The Bertz CT molecular complexity index is 374. The molecule has 2 fully saturated rings. The van der Waals surface area contributed by atoms with Crippen LogP contribution < -0.4 is 0 Å². The van der Waals surface area contributed by atoms with Crippen molar-refractivity contribution in [2.24, 2.45) is 11.3 Å². The molecule has 0 aromatic rings. The highest BCUT2D eigenvalue weighted by Gasteiger charge is 2.43. The average Bonchev–Trinajstić information content (AvgIpc) is 2.39. The van der Waals surface area contributed by atoms with Crippen LogP contribution in [0.2, 0.25) is 0 Å². The minimum atomic E-state index is -0.794. The summed E-state index contributed by atoms with van der Waals surface area (Å²) in [5.74, 6) is -0.0607. The molecule has 0 aromatic heterocycles. The summed E-state index contributed by atoms with van der Waals surface area (Å²) in [6.45, 7) is 5.09. The number of carbonyl (C=O) groups is 2. The maximum Gasteiger partial charge on any atom is 0.310 e. The van der Waals surface area contributed by atoms with E-state index in [2.05, 4.69) is 13.8 Å². The fraction of sp³-hybridized carbons (Fsp3) is 0.875. The van der Waals surface area contributed by atoms with Gasteiger partial charge in [0.05, 0.1) is 5.41 Å². The topological polar surface area (TPSA) is 57.6 Å². The number of carboxylic acid groups (broad SMARTS) is 1. The molecule has 20 heavy (non-hydrogen) atoms. The number of rotatable bonds is 3. The SMILES string of the molecule is CC1CCN(C(=O)CC2(C(=O)O)CCCCC2)C(C)C1. The van der Waals surface area contributed by atoms with Crippen molar-refractivity contribution < 1.29 is 14.7 Å². The minimum absolute atomic E-state index is 0.0497. The first-order valence-electron chi connectivity index (χ1n) is 7.97. The van der Waals surface area contributed by atoms with Gasteiger partial charge in [-0.2, -0.15) is 0 Å². The van der Waals surface area contributed by atoms with Crippen LogP contribution in [0.25, 0.3) is 0 Å². The van der Waals surface area contributed by atoms with E-state index in [1.807, 2.05) is 4.90 Å². The predicted octanol–water partition coefficient (Wildman–Crippen LogP) is 3.06. The maximum absolute atomic E-state index is 12.6. The van der Waals surface area contributed by atoms with E-state index in [4.69, 9.17) is 0 Å². The third-order valence-electron chi connectivity index (χ3n) is 5.21. The van der Waals surface area contributed by atoms with Crippen LogP contribution in [0, 0.1) is 11.3 Å². The molecule has 0 radical (unpaired) electrons. The van der Waals surface area contributed by atoms with E-state index in [9.17, 15) is 14.7 Å². The Hall–Kier alpha value is -1.06. The summed E-state index contributed by atoms with van der Waals surface area (Å²) in [6, 6.07) is 0.251. The summed E-state index contributed by atoms with van der Waals surface area (Å²) < 4.78 is 0. The van der Waals surface area contributed by atoms with Crippen molar-refractivity contribution in [3.05, 3.63) is 0 Å². The third-order valence-corrected chi connectivity index (χ3v) is 5.21. The Kier molecular flexibility index (Phi) is 4.71. The summed E-state index contributed by atoms with van der Waals surface area (Å²) in [7, 11) is 0.